The Morgan fingerprint density at radius 2 is 2.21 bits per heavy atom. The van der Waals surface area contributed by atoms with Crippen molar-refractivity contribution in [2.75, 3.05) is 12.8 Å². The van der Waals surface area contributed by atoms with Gasteiger partial charge in [0, 0.05) is 12.1 Å². The number of anilines is 1. The van der Waals surface area contributed by atoms with E-state index in [1.165, 1.54) is 6.42 Å². The molecule has 2 N–H and O–H groups in total. The Morgan fingerprint density at radius 3 is 2.79 bits per heavy atom. The van der Waals surface area contributed by atoms with E-state index < -0.39 is 0 Å². The van der Waals surface area contributed by atoms with Gasteiger partial charge in [-0.1, -0.05) is 0 Å². The van der Waals surface area contributed by atoms with Crippen LogP contribution in [-0.4, -0.2) is 18.2 Å². The Balaban J connectivity index is 2.11. The molecule has 1 aromatic heterocycles. The maximum atomic E-state index is 5.60. The van der Waals surface area contributed by atoms with Gasteiger partial charge >= 0.3 is 0 Å². The average Bonchev–Trinajstić information content (AvgIpc) is 2.10. The summed E-state index contributed by atoms with van der Waals surface area (Å²) in [6, 6.07) is 3.43. The van der Waals surface area contributed by atoms with Gasteiger partial charge in [-0.15, -0.1) is 0 Å². The van der Waals surface area contributed by atoms with Crippen LogP contribution in [0.4, 0.5) is 5.82 Å². The average molecular weight is 194 g/mol. The normalized spacial score (nSPS) is 16.1. The van der Waals surface area contributed by atoms with Crippen molar-refractivity contribution in [2.45, 2.75) is 25.4 Å². The number of nitrogens with zero attached hydrogens (tertiary/aromatic N) is 1. The number of nitrogen functional groups attached to an aromatic ring is 1. The Hall–Kier alpha value is -1.45. The molecule has 1 heterocycles. The third-order valence-corrected chi connectivity index (χ3v) is 2.37. The zero-order valence-electron chi connectivity index (χ0n) is 8.19. The van der Waals surface area contributed by atoms with Gasteiger partial charge in [-0.2, -0.15) is 4.98 Å². The van der Waals surface area contributed by atoms with Crippen LogP contribution in [0.5, 0.6) is 11.6 Å². The number of aromatic nitrogens is 1. The number of hydrogen-bond acceptors (Lipinski definition) is 4. The van der Waals surface area contributed by atoms with Crippen LogP contribution in [-0.2, 0) is 0 Å². The van der Waals surface area contributed by atoms with Gasteiger partial charge in [0.05, 0.1) is 7.11 Å². The molecule has 0 radical (unpaired) electrons. The lowest BCUT2D eigenvalue weighted by atomic mass is 9.96. The number of pyridine rings is 1. The van der Waals surface area contributed by atoms with E-state index in [1.54, 1.807) is 19.2 Å². The molecule has 0 bridgehead atoms. The highest BCUT2D eigenvalue weighted by Crippen LogP contribution is 2.27. The SMILES string of the molecule is COc1cc(N)nc(OC2CCC2)c1. The molecule has 0 aromatic carbocycles. The quantitative estimate of drug-likeness (QED) is 0.794. The van der Waals surface area contributed by atoms with Crippen LogP contribution in [0.15, 0.2) is 12.1 Å². The smallest absolute Gasteiger partial charge is 0.219 e. The molecule has 14 heavy (non-hydrogen) atoms. The monoisotopic (exact) mass is 194 g/mol. The third kappa shape index (κ3) is 1.89. The van der Waals surface area contributed by atoms with E-state index in [0.717, 1.165) is 12.8 Å². The lowest BCUT2D eigenvalue weighted by Gasteiger charge is -2.25. The maximum absolute atomic E-state index is 5.60. The van der Waals surface area contributed by atoms with Gasteiger partial charge in [0.15, 0.2) is 0 Å². The first kappa shape index (κ1) is 9.12. The predicted molar refractivity (Wildman–Crippen MR) is 53.5 cm³/mol. The van der Waals surface area contributed by atoms with E-state index in [-0.39, 0.29) is 0 Å². The van der Waals surface area contributed by atoms with Gasteiger partial charge in [-0.3, -0.25) is 0 Å². The number of methoxy groups -OCH3 is 1. The molecule has 0 saturated heterocycles. The van der Waals surface area contributed by atoms with E-state index in [2.05, 4.69) is 4.98 Å². The van der Waals surface area contributed by atoms with Crippen molar-refractivity contribution < 1.29 is 9.47 Å². The van der Waals surface area contributed by atoms with Crippen molar-refractivity contribution in [2.24, 2.45) is 0 Å². The molecule has 0 spiro atoms. The fourth-order valence-corrected chi connectivity index (χ4v) is 1.34. The standard InChI is InChI=1S/C10H14N2O2/c1-13-8-5-9(11)12-10(6-8)14-7-3-2-4-7/h5-7H,2-4H2,1H3,(H2,11,12). The Bertz CT molecular complexity index is 324. The molecule has 1 aliphatic rings. The van der Waals surface area contributed by atoms with Gasteiger partial charge in [-0.05, 0) is 19.3 Å². The van der Waals surface area contributed by atoms with Crippen LogP contribution >= 0.6 is 0 Å². The summed E-state index contributed by atoms with van der Waals surface area (Å²) in [5.41, 5.74) is 5.60. The Morgan fingerprint density at radius 1 is 1.43 bits per heavy atom. The summed E-state index contributed by atoms with van der Waals surface area (Å²) >= 11 is 0. The van der Waals surface area contributed by atoms with Gasteiger partial charge in [0.1, 0.15) is 17.7 Å². The van der Waals surface area contributed by atoms with E-state index >= 15 is 0 Å². The Kier molecular flexibility index (Phi) is 2.43. The molecule has 0 aliphatic heterocycles. The highest BCUT2D eigenvalue weighted by Gasteiger charge is 2.19. The van der Waals surface area contributed by atoms with Crippen molar-refractivity contribution >= 4 is 5.82 Å². The summed E-state index contributed by atoms with van der Waals surface area (Å²) < 4.78 is 10.7. The first-order valence-corrected chi connectivity index (χ1v) is 4.76. The van der Waals surface area contributed by atoms with E-state index in [4.69, 9.17) is 15.2 Å². The zero-order chi connectivity index (χ0) is 9.97. The fourth-order valence-electron chi connectivity index (χ4n) is 1.34. The highest BCUT2D eigenvalue weighted by atomic mass is 16.5. The third-order valence-electron chi connectivity index (χ3n) is 2.37. The molecule has 2 rings (SSSR count). The van der Waals surface area contributed by atoms with Crippen LogP contribution in [0.25, 0.3) is 0 Å². The first-order valence-electron chi connectivity index (χ1n) is 4.76. The van der Waals surface area contributed by atoms with Crippen molar-refractivity contribution in [3.8, 4) is 11.6 Å². The number of ether oxygens (including phenoxy) is 2. The van der Waals surface area contributed by atoms with E-state index in [9.17, 15) is 0 Å². The second-order valence-electron chi connectivity index (χ2n) is 3.44. The van der Waals surface area contributed by atoms with Crippen LogP contribution < -0.4 is 15.2 Å². The lowest BCUT2D eigenvalue weighted by Crippen LogP contribution is -2.25. The molecular weight excluding hydrogens is 180 g/mol. The minimum atomic E-state index is 0.314. The van der Waals surface area contributed by atoms with Crippen molar-refractivity contribution in [1.29, 1.82) is 0 Å². The fraction of sp³-hybridized carbons (Fsp3) is 0.500. The number of hydrogen-bond donors (Lipinski definition) is 1. The van der Waals surface area contributed by atoms with Gasteiger partial charge in [0.25, 0.3) is 0 Å². The predicted octanol–water partition coefficient (Wildman–Crippen LogP) is 1.60. The van der Waals surface area contributed by atoms with E-state index in [0.29, 0.717) is 23.6 Å². The topological polar surface area (TPSA) is 57.4 Å². The van der Waals surface area contributed by atoms with Crippen LogP contribution in [0.1, 0.15) is 19.3 Å². The van der Waals surface area contributed by atoms with Crippen molar-refractivity contribution in [3.05, 3.63) is 12.1 Å². The molecule has 1 saturated carbocycles. The van der Waals surface area contributed by atoms with E-state index in [1.807, 2.05) is 0 Å². The first-order chi connectivity index (χ1) is 6.78. The summed E-state index contributed by atoms with van der Waals surface area (Å²) in [6.07, 6.45) is 3.77. The summed E-state index contributed by atoms with van der Waals surface area (Å²) in [6.45, 7) is 0. The van der Waals surface area contributed by atoms with Gasteiger partial charge in [-0.25, -0.2) is 0 Å². The second-order valence-corrected chi connectivity index (χ2v) is 3.44. The van der Waals surface area contributed by atoms with Gasteiger partial charge < -0.3 is 15.2 Å². The molecule has 1 aromatic rings. The molecular formula is C10H14N2O2. The molecule has 4 heteroatoms. The largest absolute Gasteiger partial charge is 0.496 e. The maximum Gasteiger partial charge on any atom is 0.219 e. The van der Waals surface area contributed by atoms with Crippen LogP contribution in [0, 0.1) is 0 Å². The lowest BCUT2D eigenvalue weighted by molar-refractivity contribution is 0.114. The van der Waals surface area contributed by atoms with Crippen molar-refractivity contribution in [1.82, 2.24) is 4.98 Å². The summed E-state index contributed by atoms with van der Waals surface area (Å²) in [5, 5.41) is 0. The summed E-state index contributed by atoms with van der Waals surface area (Å²) in [7, 11) is 1.60. The molecule has 0 amide bonds. The summed E-state index contributed by atoms with van der Waals surface area (Å²) in [4.78, 5) is 4.08. The molecule has 1 fully saturated rings. The zero-order valence-corrected chi connectivity index (χ0v) is 8.19. The molecule has 1 aliphatic carbocycles. The van der Waals surface area contributed by atoms with Crippen LogP contribution in [0.3, 0.4) is 0 Å². The molecule has 0 atom stereocenters. The Labute approximate surface area is 83.0 Å². The molecule has 0 unspecified atom stereocenters. The van der Waals surface area contributed by atoms with Crippen molar-refractivity contribution in [3.63, 3.8) is 0 Å². The minimum absolute atomic E-state index is 0.314. The highest BCUT2D eigenvalue weighted by molar-refractivity contribution is 5.41. The van der Waals surface area contributed by atoms with Gasteiger partial charge in [0.2, 0.25) is 5.88 Å². The molecule has 76 valence electrons. The van der Waals surface area contributed by atoms with Crippen LogP contribution in [0.2, 0.25) is 0 Å². The second kappa shape index (κ2) is 3.74. The minimum Gasteiger partial charge on any atom is -0.496 e. The number of nitrogens with two attached hydrogens (primary N) is 1. The molecule has 4 nitrogen and oxygen atoms in total. The number of rotatable bonds is 3. The summed E-state index contributed by atoms with van der Waals surface area (Å²) in [5.74, 6) is 1.68.